The van der Waals surface area contributed by atoms with Crippen LogP contribution in [0.4, 0.5) is 0 Å². The molecule has 0 aliphatic carbocycles. The van der Waals surface area contributed by atoms with E-state index in [0.717, 1.165) is 35.9 Å². The molecule has 0 N–H and O–H groups in total. The Morgan fingerprint density at radius 3 is 2.78 bits per heavy atom. The average Bonchev–Trinajstić information content (AvgIpc) is 3.23. The van der Waals surface area contributed by atoms with E-state index >= 15 is 0 Å². The summed E-state index contributed by atoms with van der Waals surface area (Å²) in [6.07, 6.45) is 2.72. The van der Waals surface area contributed by atoms with Crippen LogP contribution in [0.15, 0.2) is 24.3 Å². The molecule has 0 radical (unpaired) electrons. The second-order valence-electron chi connectivity index (χ2n) is 5.91. The molecule has 4 rings (SSSR count). The largest absolute Gasteiger partial charge is 0.348 e. The summed E-state index contributed by atoms with van der Waals surface area (Å²) in [5, 5.41) is 1.51. The summed E-state index contributed by atoms with van der Waals surface area (Å²) in [5.74, 6) is 0. The number of fused-ring (bicyclic) bond motifs is 1. The Balaban J connectivity index is 1.66. The van der Waals surface area contributed by atoms with Crippen LogP contribution in [-0.2, 0) is 9.47 Å². The minimum Gasteiger partial charge on any atom is -0.348 e. The number of hydrogen-bond donors (Lipinski definition) is 0. The molecule has 4 nitrogen and oxygen atoms in total. The van der Waals surface area contributed by atoms with Gasteiger partial charge in [0.15, 0.2) is 6.29 Å². The molecular formula is C17H18ClNO3S. The van der Waals surface area contributed by atoms with Crippen molar-refractivity contribution in [1.82, 2.24) is 4.90 Å². The van der Waals surface area contributed by atoms with Gasteiger partial charge in [-0.25, -0.2) is 0 Å². The average molecular weight is 352 g/mol. The first kappa shape index (κ1) is 15.4. The standard InChI is InChI=1S/C17H18ClNO3S/c18-14-11-5-1-2-7-13(11)23-15(14)16(20)19-8-4-3-6-12(19)17-21-9-10-22-17/h1-2,5,7,12,17H,3-4,6,8-10H2. The highest BCUT2D eigenvalue weighted by molar-refractivity contribution is 7.21. The van der Waals surface area contributed by atoms with E-state index in [1.807, 2.05) is 29.2 Å². The van der Waals surface area contributed by atoms with Crippen molar-refractivity contribution in [1.29, 1.82) is 0 Å². The van der Waals surface area contributed by atoms with Gasteiger partial charge in [0, 0.05) is 16.6 Å². The number of likely N-dealkylation sites (tertiary alicyclic amines) is 1. The van der Waals surface area contributed by atoms with E-state index in [0.29, 0.717) is 23.1 Å². The zero-order chi connectivity index (χ0) is 15.8. The maximum atomic E-state index is 13.1. The number of halogens is 1. The van der Waals surface area contributed by atoms with Crippen LogP contribution in [0.1, 0.15) is 28.9 Å². The Bertz CT molecular complexity index is 726. The molecule has 1 aromatic carbocycles. The lowest BCUT2D eigenvalue weighted by Crippen LogP contribution is -2.50. The fourth-order valence-corrected chi connectivity index (χ4v) is 4.84. The number of piperidine rings is 1. The molecule has 122 valence electrons. The third-order valence-corrected chi connectivity index (χ3v) is 6.16. The highest BCUT2D eigenvalue weighted by Gasteiger charge is 2.37. The monoisotopic (exact) mass is 351 g/mol. The van der Waals surface area contributed by atoms with Crippen molar-refractivity contribution in [3.05, 3.63) is 34.2 Å². The van der Waals surface area contributed by atoms with E-state index in [4.69, 9.17) is 21.1 Å². The van der Waals surface area contributed by atoms with Crippen LogP contribution in [-0.4, -0.2) is 42.9 Å². The summed E-state index contributed by atoms with van der Waals surface area (Å²) < 4.78 is 12.3. The Labute approximate surface area is 143 Å². The predicted molar refractivity (Wildman–Crippen MR) is 91.2 cm³/mol. The summed E-state index contributed by atoms with van der Waals surface area (Å²) in [6.45, 7) is 1.94. The van der Waals surface area contributed by atoms with Crippen LogP contribution in [0.2, 0.25) is 5.02 Å². The summed E-state index contributed by atoms with van der Waals surface area (Å²) in [4.78, 5) is 15.6. The lowest BCUT2D eigenvalue weighted by molar-refractivity contribution is -0.100. The number of hydrogen-bond acceptors (Lipinski definition) is 4. The van der Waals surface area contributed by atoms with Gasteiger partial charge in [-0.05, 0) is 25.3 Å². The van der Waals surface area contributed by atoms with E-state index < -0.39 is 0 Å². The molecular weight excluding hydrogens is 334 g/mol. The lowest BCUT2D eigenvalue weighted by Gasteiger charge is -2.37. The first-order chi connectivity index (χ1) is 11.3. The highest BCUT2D eigenvalue weighted by atomic mass is 35.5. The summed E-state index contributed by atoms with van der Waals surface area (Å²) in [6, 6.07) is 7.85. The quantitative estimate of drug-likeness (QED) is 0.823. The molecule has 6 heteroatoms. The third kappa shape index (κ3) is 2.76. The van der Waals surface area contributed by atoms with Crippen molar-refractivity contribution in [2.75, 3.05) is 19.8 Å². The second kappa shape index (κ2) is 6.40. The van der Waals surface area contributed by atoms with Gasteiger partial charge >= 0.3 is 0 Å². The Hall–Kier alpha value is -1.14. The number of rotatable bonds is 2. The van der Waals surface area contributed by atoms with Crippen LogP contribution in [0.3, 0.4) is 0 Å². The number of thiophene rings is 1. The van der Waals surface area contributed by atoms with Crippen LogP contribution in [0.25, 0.3) is 10.1 Å². The van der Waals surface area contributed by atoms with Crippen molar-refractivity contribution < 1.29 is 14.3 Å². The van der Waals surface area contributed by atoms with Crippen molar-refractivity contribution in [3.8, 4) is 0 Å². The first-order valence-corrected chi connectivity index (χ1v) is 9.16. The molecule has 0 spiro atoms. The lowest BCUT2D eigenvalue weighted by atomic mass is 10.0. The first-order valence-electron chi connectivity index (χ1n) is 7.97. The van der Waals surface area contributed by atoms with Gasteiger partial charge in [0.1, 0.15) is 4.88 Å². The number of ether oxygens (including phenoxy) is 2. The van der Waals surface area contributed by atoms with Crippen molar-refractivity contribution in [2.24, 2.45) is 0 Å². The van der Waals surface area contributed by atoms with E-state index in [1.165, 1.54) is 11.3 Å². The fourth-order valence-electron chi connectivity index (χ4n) is 3.37. The molecule has 3 heterocycles. The molecule has 1 amide bonds. The van der Waals surface area contributed by atoms with Gasteiger partial charge in [0.25, 0.3) is 5.91 Å². The number of nitrogens with zero attached hydrogens (tertiary/aromatic N) is 1. The van der Waals surface area contributed by atoms with E-state index in [2.05, 4.69) is 0 Å². The van der Waals surface area contributed by atoms with Crippen molar-refractivity contribution in [3.63, 3.8) is 0 Å². The Morgan fingerprint density at radius 2 is 2.00 bits per heavy atom. The Morgan fingerprint density at radius 1 is 1.22 bits per heavy atom. The molecule has 1 aromatic heterocycles. The van der Waals surface area contributed by atoms with Gasteiger partial charge in [0.2, 0.25) is 0 Å². The van der Waals surface area contributed by atoms with Crippen molar-refractivity contribution in [2.45, 2.75) is 31.6 Å². The molecule has 0 bridgehead atoms. The van der Waals surface area contributed by atoms with Gasteiger partial charge in [-0.2, -0.15) is 0 Å². The normalized spacial score (nSPS) is 22.8. The third-order valence-electron chi connectivity index (χ3n) is 4.50. The number of amides is 1. The number of benzene rings is 1. The zero-order valence-corrected chi connectivity index (χ0v) is 14.2. The predicted octanol–water partition coefficient (Wildman–Crippen LogP) is 3.92. The van der Waals surface area contributed by atoms with E-state index in [1.54, 1.807) is 0 Å². The molecule has 23 heavy (non-hydrogen) atoms. The van der Waals surface area contributed by atoms with Crippen molar-refractivity contribution >= 4 is 38.9 Å². The highest BCUT2D eigenvalue weighted by Crippen LogP contribution is 2.37. The maximum Gasteiger partial charge on any atom is 0.265 e. The van der Waals surface area contributed by atoms with Gasteiger partial charge < -0.3 is 14.4 Å². The van der Waals surface area contributed by atoms with Gasteiger partial charge in [-0.3, -0.25) is 4.79 Å². The van der Waals surface area contributed by atoms with Crippen LogP contribution < -0.4 is 0 Å². The van der Waals surface area contributed by atoms with E-state index in [9.17, 15) is 4.79 Å². The molecule has 2 fully saturated rings. The topological polar surface area (TPSA) is 38.8 Å². The van der Waals surface area contributed by atoms with Crippen LogP contribution in [0.5, 0.6) is 0 Å². The zero-order valence-electron chi connectivity index (χ0n) is 12.7. The molecule has 1 atom stereocenters. The van der Waals surface area contributed by atoms with Crippen LogP contribution >= 0.6 is 22.9 Å². The summed E-state index contributed by atoms with van der Waals surface area (Å²) >= 11 is 7.94. The van der Waals surface area contributed by atoms with Gasteiger partial charge in [0.05, 0.1) is 24.3 Å². The molecule has 2 aromatic rings. The molecule has 0 saturated carbocycles. The number of carbonyl (C=O) groups is 1. The van der Waals surface area contributed by atoms with Gasteiger partial charge in [-0.1, -0.05) is 29.8 Å². The Kier molecular flexibility index (Phi) is 4.28. The number of carbonyl (C=O) groups excluding carboxylic acids is 1. The minimum absolute atomic E-state index is 0. The summed E-state index contributed by atoms with van der Waals surface area (Å²) in [5.41, 5.74) is 0. The van der Waals surface area contributed by atoms with Gasteiger partial charge in [-0.15, -0.1) is 11.3 Å². The smallest absolute Gasteiger partial charge is 0.265 e. The summed E-state index contributed by atoms with van der Waals surface area (Å²) in [7, 11) is 0. The fraction of sp³-hybridized carbons (Fsp3) is 0.471. The molecule has 2 saturated heterocycles. The van der Waals surface area contributed by atoms with Crippen LogP contribution in [0, 0.1) is 0 Å². The SMILES string of the molecule is O=C(c1sc2ccccc2c1Cl)N1CCCCC1C1OCCO1. The van der Waals surface area contributed by atoms with E-state index in [-0.39, 0.29) is 18.2 Å². The molecule has 2 aliphatic heterocycles. The minimum atomic E-state index is -0.299. The maximum absolute atomic E-state index is 13.1. The second-order valence-corrected chi connectivity index (χ2v) is 7.34. The molecule has 1 unspecified atom stereocenters. The molecule has 2 aliphatic rings.